The van der Waals surface area contributed by atoms with Crippen LogP contribution < -0.4 is 15.2 Å². The van der Waals surface area contributed by atoms with Crippen LogP contribution in [-0.4, -0.2) is 29.2 Å². The Labute approximate surface area is 130 Å². The van der Waals surface area contributed by atoms with Gasteiger partial charge in [-0.25, -0.2) is 8.42 Å². The van der Waals surface area contributed by atoms with Gasteiger partial charge in [0.05, 0.1) is 19.1 Å². The van der Waals surface area contributed by atoms with Crippen LogP contribution in [0.5, 0.6) is 11.5 Å². The minimum atomic E-state index is -3.60. The molecule has 0 heterocycles. The Kier molecular flexibility index (Phi) is 5.05. The maximum atomic E-state index is 12.8. The molecule has 2 aromatic carbocycles. The van der Waals surface area contributed by atoms with Gasteiger partial charge in [0.2, 0.25) is 0 Å². The molecule has 0 aliphatic carbocycles. The summed E-state index contributed by atoms with van der Waals surface area (Å²) in [5.41, 5.74) is 6.28. The van der Waals surface area contributed by atoms with E-state index in [1.165, 1.54) is 14.2 Å². The Morgan fingerprint density at radius 1 is 1.05 bits per heavy atom. The Hall–Kier alpha value is -2.05. The fourth-order valence-corrected chi connectivity index (χ4v) is 3.93. The second-order valence-electron chi connectivity index (χ2n) is 4.69. The molecule has 118 valence electrons. The summed E-state index contributed by atoms with van der Waals surface area (Å²) in [6, 6.07) is 13.3. The quantitative estimate of drug-likeness (QED) is 0.882. The third-order valence-electron chi connectivity index (χ3n) is 3.45. The minimum absolute atomic E-state index is 0.0417. The zero-order valence-electron chi connectivity index (χ0n) is 12.5. The topological polar surface area (TPSA) is 78.6 Å². The molecule has 22 heavy (non-hydrogen) atoms. The number of sulfone groups is 1. The molecule has 1 atom stereocenters. The number of nitrogens with two attached hydrogens (primary N) is 1. The van der Waals surface area contributed by atoms with Crippen molar-refractivity contribution >= 4 is 9.84 Å². The Morgan fingerprint density at radius 2 is 1.73 bits per heavy atom. The van der Waals surface area contributed by atoms with Crippen LogP contribution in [0.25, 0.3) is 0 Å². The lowest BCUT2D eigenvalue weighted by Crippen LogP contribution is -2.22. The summed E-state index contributed by atoms with van der Waals surface area (Å²) >= 11 is 0. The smallest absolute Gasteiger partial charge is 0.186 e. The van der Waals surface area contributed by atoms with Crippen molar-refractivity contribution < 1.29 is 17.9 Å². The predicted octanol–water partition coefficient (Wildman–Crippen LogP) is 2.18. The number of benzene rings is 2. The van der Waals surface area contributed by atoms with E-state index in [9.17, 15) is 8.42 Å². The van der Waals surface area contributed by atoms with Crippen LogP contribution in [0.1, 0.15) is 10.8 Å². The molecule has 0 fully saturated rings. The summed E-state index contributed by atoms with van der Waals surface area (Å²) in [5.74, 6) is 1.03. The van der Waals surface area contributed by atoms with E-state index in [0.29, 0.717) is 17.1 Å². The van der Waals surface area contributed by atoms with Crippen LogP contribution in [0.4, 0.5) is 0 Å². The normalized spacial score (nSPS) is 12.7. The summed E-state index contributed by atoms with van der Waals surface area (Å²) in [6.45, 7) is -0.0417. The van der Waals surface area contributed by atoms with Crippen LogP contribution in [-0.2, 0) is 9.84 Å². The predicted molar refractivity (Wildman–Crippen MR) is 85.0 cm³/mol. The first-order valence-corrected chi connectivity index (χ1v) is 8.30. The highest BCUT2D eigenvalue weighted by Gasteiger charge is 2.30. The molecule has 6 heteroatoms. The standard InChI is InChI=1S/C16H19NO4S/c1-20-12-8-9-14(15(10-12)21-2)16(11-17)22(18,19)13-6-4-3-5-7-13/h3-10,16H,11,17H2,1-2H3/t16-/m1/s1. The number of rotatable bonds is 6. The molecule has 0 radical (unpaired) electrons. The Balaban J connectivity index is 2.53. The first-order valence-electron chi connectivity index (χ1n) is 6.75. The summed E-state index contributed by atoms with van der Waals surface area (Å²) in [6.07, 6.45) is 0. The number of methoxy groups -OCH3 is 2. The van der Waals surface area contributed by atoms with Crippen LogP contribution in [0.2, 0.25) is 0 Å². The maximum absolute atomic E-state index is 12.8. The van der Waals surface area contributed by atoms with Crippen molar-refractivity contribution in [3.63, 3.8) is 0 Å². The molecule has 2 rings (SSSR count). The first-order chi connectivity index (χ1) is 10.5. The molecule has 0 aliphatic rings. The molecule has 5 nitrogen and oxygen atoms in total. The lowest BCUT2D eigenvalue weighted by atomic mass is 10.1. The molecule has 2 N–H and O–H groups in total. The third kappa shape index (κ3) is 3.08. The summed E-state index contributed by atoms with van der Waals surface area (Å²) < 4.78 is 36.1. The molecule has 0 bridgehead atoms. The second-order valence-corrected chi connectivity index (χ2v) is 6.82. The SMILES string of the molecule is COc1ccc([C@@H](CN)S(=O)(=O)c2ccccc2)c(OC)c1. The molecular weight excluding hydrogens is 302 g/mol. The summed E-state index contributed by atoms with van der Waals surface area (Å²) in [4.78, 5) is 0.239. The number of ether oxygens (including phenoxy) is 2. The van der Waals surface area contributed by atoms with Crippen LogP contribution in [0, 0.1) is 0 Å². The van der Waals surface area contributed by atoms with Crippen LogP contribution >= 0.6 is 0 Å². The van der Waals surface area contributed by atoms with E-state index < -0.39 is 15.1 Å². The van der Waals surface area contributed by atoms with Gasteiger partial charge in [0, 0.05) is 18.2 Å². The van der Waals surface area contributed by atoms with Gasteiger partial charge in [-0.15, -0.1) is 0 Å². The summed E-state index contributed by atoms with van der Waals surface area (Å²) in [5, 5.41) is -0.879. The molecule has 0 saturated carbocycles. The first kappa shape index (κ1) is 16.3. The highest BCUT2D eigenvalue weighted by molar-refractivity contribution is 7.91. The van der Waals surface area contributed by atoms with Crippen molar-refractivity contribution in [1.82, 2.24) is 0 Å². The van der Waals surface area contributed by atoms with Crippen molar-refractivity contribution in [1.29, 1.82) is 0 Å². The van der Waals surface area contributed by atoms with Gasteiger partial charge in [0.1, 0.15) is 16.7 Å². The van der Waals surface area contributed by atoms with Gasteiger partial charge in [-0.2, -0.15) is 0 Å². The minimum Gasteiger partial charge on any atom is -0.497 e. The van der Waals surface area contributed by atoms with Crippen molar-refractivity contribution in [2.45, 2.75) is 10.1 Å². The summed E-state index contributed by atoms with van der Waals surface area (Å²) in [7, 11) is -0.578. The molecule has 0 spiro atoms. The molecular formula is C16H19NO4S. The highest BCUT2D eigenvalue weighted by Crippen LogP contribution is 2.35. The van der Waals surface area contributed by atoms with Crippen molar-refractivity contribution in [3.05, 3.63) is 54.1 Å². The average molecular weight is 321 g/mol. The van der Waals surface area contributed by atoms with Gasteiger partial charge in [-0.3, -0.25) is 0 Å². The van der Waals surface area contributed by atoms with Crippen LogP contribution in [0.15, 0.2) is 53.4 Å². The van der Waals surface area contributed by atoms with Crippen LogP contribution in [0.3, 0.4) is 0 Å². The molecule has 0 saturated heterocycles. The van der Waals surface area contributed by atoms with Crippen molar-refractivity contribution in [2.75, 3.05) is 20.8 Å². The molecule has 0 aliphatic heterocycles. The van der Waals surface area contributed by atoms with Gasteiger partial charge in [-0.05, 0) is 18.2 Å². The molecule has 0 aromatic heterocycles. The van der Waals surface area contributed by atoms with E-state index in [2.05, 4.69) is 0 Å². The van der Waals surface area contributed by atoms with E-state index in [1.54, 1.807) is 48.5 Å². The number of hydrogen-bond donors (Lipinski definition) is 1. The average Bonchev–Trinajstić information content (AvgIpc) is 2.56. The zero-order chi connectivity index (χ0) is 16.2. The monoisotopic (exact) mass is 321 g/mol. The van der Waals surface area contributed by atoms with E-state index in [-0.39, 0.29) is 11.4 Å². The van der Waals surface area contributed by atoms with E-state index in [4.69, 9.17) is 15.2 Å². The maximum Gasteiger partial charge on any atom is 0.186 e. The number of hydrogen-bond acceptors (Lipinski definition) is 5. The fourth-order valence-electron chi connectivity index (χ4n) is 2.28. The molecule has 0 unspecified atom stereocenters. The Morgan fingerprint density at radius 3 is 2.27 bits per heavy atom. The van der Waals surface area contributed by atoms with Gasteiger partial charge in [-0.1, -0.05) is 24.3 Å². The van der Waals surface area contributed by atoms with Gasteiger partial charge in [0.25, 0.3) is 0 Å². The largest absolute Gasteiger partial charge is 0.497 e. The lowest BCUT2D eigenvalue weighted by Gasteiger charge is -2.19. The molecule has 0 amide bonds. The van der Waals surface area contributed by atoms with E-state index in [1.807, 2.05) is 0 Å². The second kappa shape index (κ2) is 6.81. The fraction of sp³-hybridized carbons (Fsp3) is 0.250. The zero-order valence-corrected chi connectivity index (χ0v) is 13.3. The lowest BCUT2D eigenvalue weighted by molar-refractivity contribution is 0.390. The van der Waals surface area contributed by atoms with Crippen molar-refractivity contribution in [2.24, 2.45) is 5.73 Å². The molecule has 2 aromatic rings. The van der Waals surface area contributed by atoms with E-state index in [0.717, 1.165) is 0 Å². The highest BCUT2D eigenvalue weighted by atomic mass is 32.2. The third-order valence-corrected chi connectivity index (χ3v) is 5.57. The Bertz CT molecular complexity index is 729. The van der Waals surface area contributed by atoms with Gasteiger partial charge in [0.15, 0.2) is 9.84 Å². The van der Waals surface area contributed by atoms with Gasteiger partial charge >= 0.3 is 0 Å². The van der Waals surface area contributed by atoms with Crippen molar-refractivity contribution in [3.8, 4) is 11.5 Å². The van der Waals surface area contributed by atoms with Gasteiger partial charge < -0.3 is 15.2 Å². The van der Waals surface area contributed by atoms with E-state index >= 15 is 0 Å².